The number of unbranched alkanes of at least 4 members (excludes halogenated alkanes) is 2. The second-order valence-corrected chi connectivity index (χ2v) is 4.31. The third-order valence-corrected chi connectivity index (χ3v) is 3.16. The summed E-state index contributed by atoms with van der Waals surface area (Å²) >= 11 is 0.818. The molecule has 0 aliphatic heterocycles. The monoisotopic (exact) mass is 176 g/mol. The standard InChI is InChI=1S/2C4H9.Al.ClH/c2*1-3-4-2;;/h2*1,3-4H2,2H3;;1H/q;;+1;/p-1. The van der Waals surface area contributed by atoms with Crippen molar-refractivity contribution in [1.29, 1.82) is 0 Å². The molecule has 0 aromatic rings. The second-order valence-electron chi connectivity index (χ2n) is 2.57. The zero-order valence-corrected chi connectivity index (χ0v) is 9.11. The third kappa shape index (κ3) is 11.6. The van der Waals surface area contributed by atoms with Gasteiger partial charge in [-0.15, -0.1) is 0 Å². The average molecular weight is 177 g/mol. The van der Waals surface area contributed by atoms with Gasteiger partial charge in [0.25, 0.3) is 0 Å². The Morgan fingerprint density at radius 1 is 0.900 bits per heavy atom. The molecule has 0 radical (unpaired) electrons. The van der Waals surface area contributed by atoms with Crippen LogP contribution in [0.1, 0.15) is 39.5 Å². The minimum atomic E-state index is 0. The molecule has 60 valence electrons. The van der Waals surface area contributed by atoms with E-state index in [-0.39, 0.29) is 12.4 Å². The van der Waals surface area contributed by atoms with E-state index in [9.17, 15) is 0 Å². The molecule has 0 saturated heterocycles. The second kappa shape index (κ2) is 12.5. The van der Waals surface area contributed by atoms with Crippen molar-refractivity contribution in [2.45, 2.75) is 50.1 Å². The Morgan fingerprint density at radius 3 is 1.60 bits per heavy atom. The van der Waals surface area contributed by atoms with Gasteiger partial charge >= 0.3 is 65.3 Å². The zero-order valence-electron chi connectivity index (χ0n) is 7.20. The van der Waals surface area contributed by atoms with Crippen LogP contribution < -0.4 is 12.4 Å². The van der Waals surface area contributed by atoms with Crippen molar-refractivity contribution in [3.05, 3.63) is 0 Å². The fraction of sp³-hybridized carbons (Fsp3) is 1.00. The van der Waals surface area contributed by atoms with Crippen LogP contribution in [-0.2, 0) is 0 Å². The SMILES string of the molecule is CCC[CH2][Al+][CH2]CCC.[Cl-]. The van der Waals surface area contributed by atoms with Gasteiger partial charge in [-0.25, -0.2) is 0 Å². The van der Waals surface area contributed by atoms with E-state index in [2.05, 4.69) is 13.8 Å². The molecule has 0 saturated carbocycles. The predicted octanol–water partition coefficient (Wildman–Crippen LogP) is 0.131. The summed E-state index contributed by atoms with van der Waals surface area (Å²) in [6, 6.07) is 0. The number of hydrogen-bond donors (Lipinski definition) is 0. The first kappa shape index (κ1) is 13.4. The molecule has 0 amide bonds. The first-order chi connectivity index (χ1) is 4.41. The molecule has 0 fully saturated rings. The van der Waals surface area contributed by atoms with Gasteiger partial charge in [0.05, 0.1) is 0 Å². The molecular weight excluding hydrogens is 159 g/mol. The van der Waals surface area contributed by atoms with E-state index in [0.29, 0.717) is 0 Å². The van der Waals surface area contributed by atoms with Gasteiger partial charge in [-0.2, -0.15) is 0 Å². The van der Waals surface area contributed by atoms with Gasteiger partial charge < -0.3 is 12.4 Å². The summed E-state index contributed by atoms with van der Waals surface area (Å²) in [5, 5.41) is 3.08. The molecule has 0 aliphatic rings. The van der Waals surface area contributed by atoms with Gasteiger partial charge in [0.1, 0.15) is 0 Å². The van der Waals surface area contributed by atoms with Crippen molar-refractivity contribution in [1.82, 2.24) is 0 Å². The van der Waals surface area contributed by atoms with Gasteiger partial charge in [0.15, 0.2) is 0 Å². The summed E-state index contributed by atoms with van der Waals surface area (Å²) in [5.41, 5.74) is 0. The van der Waals surface area contributed by atoms with E-state index in [0.717, 1.165) is 15.2 Å². The molecule has 0 aliphatic carbocycles. The molecule has 0 heterocycles. The van der Waals surface area contributed by atoms with Crippen molar-refractivity contribution in [3.63, 3.8) is 0 Å². The van der Waals surface area contributed by atoms with Crippen molar-refractivity contribution in [2.24, 2.45) is 0 Å². The Morgan fingerprint density at radius 2 is 1.30 bits per heavy atom. The summed E-state index contributed by atoms with van der Waals surface area (Å²) in [5.74, 6) is 0. The zero-order chi connectivity index (χ0) is 6.95. The minimum absolute atomic E-state index is 0. The molecule has 0 aromatic heterocycles. The molecule has 0 aromatic carbocycles. The maximum atomic E-state index is 2.28. The van der Waals surface area contributed by atoms with Gasteiger partial charge in [-0.3, -0.25) is 0 Å². The van der Waals surface area contributed by atoms with E-state index in [4.69, 9.17) is 0 Å². The Kier molecular flexibility index (Phi) is 16.8. The van der Waals surface area contributed by atoms with Gasteiger partial charge in [0, 0.05) is 0 Å². The Hall–Kier alpha value is 0.822. The summed E-state index contributed by atoms with van der Waals surface area (Å²) in [6.45, 7) is 4.55. The molecule has 10 heavy (non-hydrogen) atoms. The Labute approximate surface area is 77.9 Å². The molecular formula is C8H18AlCl. The molecule has 0 spiro atoms. The van der Waals surface area contributed by atoms with Gasteiger partial charge in [-0.05, 0) is 0 Å². The van der Waals surface area contributed by atoms with Crippen LogP contribution in [0.4, 0.5) is 0 Å². The van der Waals surface area contributed by atoms with Crippen molar-refractivity contribution >= 4 is 15.2 Å². The molecule has 0 bridgehead atoms. The molecule has 0 N–H and O–H groups in total. The maximum absolute atomic E-state index is 2.28. The van der Waals surface area contributed by atoms with E-state index in [1.165, 1.54) is 36.2 Å². The number of halogens is 1. The first-order valence-electron chi connectivity index (χ1n) is 4.23. The fourth-order valence-electron chi connectivity index (χ4n) is 0.841. The van der Waals surface area contributed by atoms with Gasteiger partial charge in [0.2, 0.25) is 0 Å². The fourth-order valence-corrected chi connectivity index (χ4v) is 2.52. The molecule has 0 nitrogen and oxygen atoms in total. The minimum Gasteiger partial charge on any atom is -1.00 e. The molecule has 0 atom stereocenters. The van der Waals surface area contributed by atoms with E-state index >= 15 is 0 Å². The summed E-state index contributed by atoms with van der Waals surface area (Å²) in [4.78, 5) is 0. The van der Waals surface area contributed by atoms with Crippen LogP contribution in [0.2, 0.25) is 10.6 Å². The largest absolute Gasteiger partial charge is 1.00 e. The van der Waals surface area contributed by atoms with Crippen LogP contribution in [0.25, 0.3) is 0 Å². The smallest absolute Gasteiger partial charge is 1.00 e. The predicted molar refractivity (Wildman–Crippen MR) is 45.2 cm³/mol. The number of rotatable bonds is 6. The van der Waals surface area contributed by atoms with Crippen molar-refractivity contribution < 1.29 is 12.4 Å². The quantitative estimate of drug-likeness (QED) is 0.399. The van der Waals surface area contributed by atoms with E-state index in [1.807, 2.05) is 0 Å². The van der Waals surface area contributed by atoms with E-state index in [1.54, 1.807) is 0 Å². The van der Waals surface area contributed by atoms with Crippen LogP contribution in [0.5, 0.6) is 0 Å². The van der Waals surface area contributed by atoms with Gasteiger partial charge in [-0.1, -0.05) is 0 Å². The van der Waals surface area contributed by atoms with Crippen LogP contribution in [-0.4, -0.2) is 15.2 Å². The van der Waals surface area contributed by atoms with E-state index < -0.39 is 0 Å². The summed E-state index contributed by atoms with van der Waals surface area (Å²) < 4.78 is 0. The average Bonchev–Trinajstić information content (AvgIpc) is 1.89. The van der Waals surface area contributed by atoms with Crippen molar-refractivity contribution in [2.75, 3.05) is 0 Å². The first-order valence-corrected chi connectivity index (χ1v) is 5.86. The maximum Gasteiger partial charge on any atom is -1.00 e. The summed E-state index contributed by atoms with van der Waals surface area (Å²) in [6.07, 6.45) is 5.72. The topological polar surface area (TPSA) is 0 Å². The molecule has 0 rings (SSSR count). The van der Waals surface area contributed by atoms with Crippen LogP contribution in [0.3, 0.4) is 0 Å². The number of hydrogen-bond acceptors (Lipinski definition) is 0. The Bertz CT molecular complexity index is 42.5. The Balaban J connectivity index is 0. The molecule has 2 heteroatoms. The van der Waals surface area contributed by atoms with Crippen molar-refractivity contribution in [3.8, 4) is 0 Å². The third-order valence-electron chi connectivity index (χ3n) is 1.52. The summed E-state index contributed by atoms with van der Waals surface area (Å²) in [7, 11) is 0. The normalized spacial score (nSPS) is 8.20. The van der Waals surface area contributed by atoms with Crippen LogP contribution in [0, 0.1) is 0 Å². The van der Waals surface area contributed by atoms with Crippen LogP contribution in [0.15, 0.2) is 0 Å². The van der Waals surface area contributed by atoms with Crippen LogP contribution >= 0.6 is 0 Å². The molecule has 0 unspecified atom stereocenters.